The van der Waals surface area contributed by atoms with Crippen LogP contribution < -0.4 is 10.1 Å². The maximum absolute atomic E-state index is 12.1. The molecule has 0 aromatic heterocycles. The quantitative estimate of drug-likeness (QED) is 0.545. The number of hydrogen-bond donors (Lipinski definition) is 1. The molecule has 2 rings (SSSR count). The van der Waals surface area contributed by atoms with Gasteiger partial charge in [-0.3, -0.25) is 4.79 Å². The third-order valence-electron chi connectivity index (χ3n) is 2.91. The number of rotatable bonds is 6. The van der Waals surface area contributed by atoms with E-state index in [-0.39, 0.29) is 11.9 Å². The van der Waals surface area contributed by atoms with Gasteiger partial charge in [-0.25, -0.2) is 0 Å². The fourth-order valence-corrected chi connectivity index (χ4v) is 2.23. The molecule has 0 amide bonds. The summed E-state index contributed by atoms with van der Waals surface area (Å²) in [5, 5.41) is 4.05. The van der Waals surface area contributed by atoms with E-state index in [9.17, 15) is 4.79 Å². The van der Waals surface area contributed by atoms with Gasteiger partial charge in [0.25, 0.3) is 0 Å². The first-order chi connectivity index (χ1) is 11.0. The van der Waals surface area contributed by atoms with E-state index in [0.29, 0.717) is 21.3 Å². The van der Waals surface area contributed by atoms with Gasteiger partial charge in [0.05, 0.1) is 16.8 Å². The van der Waals surface area contributed by atoms with Gasteiger partial charge in [-0.2, -0.15) is 0 Å². The predicted octanol–water partition coefficient (Wildman–Crippen LogP) is 5.59. The zero-order chi connectivity index (χ0) is 16.8. The number of anilines is 1. The van der Waals surface area contributed by atoms with E-state index in [1.165, 1.54) is 6.08 Å². The Morgan fingerprint density at radius 1 is 1.13 bits per heavy atom. The van der Waals surface area contributed by atoms with E-state index >= 15 is 0 Å². The van der Waals surface area contributed by atoms with Crippen LogP contribution in [-0.2, 0) is 0 Å². The molecule has 0 fully saturated rings. The second-order valence-corrected chi connectivity index (χ2v) is 6.00. The standard InChI is InChI=1S/C18H17Cl2NO2/c1-12(2)23-15-6-3-13(4-7-15)18(22)9-10-21-17-11-14(19)5-8-16(17)20/h3-12,21H,1-2H3/b10-9+. The summed E-state index contributed by atoms with van der Waals surface area (Å²) < 4.78 is 5.54. The first-order valence-electron chi connectivity index (χ1n) is 7.15. The Bertz CT molecular complexity index is 709. The average molecular weight is 350 g/mol. The fourth-order valence-electron chi connectivity index (χ4n) is 1.88. The highest BCUT2D eigenvalue weighted by Gasteiger charge is 2.04. The van der Waals surface area contributed by atoms with Crippen LogP contribution in [-0.4, -0.2) is 11.9 Å². The lowest BCUT2D eigenvalue weighted by Crippen LogP contribution is -2.05. The van der Waals surface area contributed by atoms with E-state index in [0.717, 1.165) is 5.75 Å². The molecule has 0 aliphatic carbocycles. The van der Waals surface area contributed by atoms with Gasteiger partial charge in [-0.05, 0) is 56.3 Å². The molecular weight excluding hydrogens is 333 g/mol. The molecule has 0 radical (unpaired) electrons. The van der Waals surface area contributed by atoms with Crippen molar-refractivity contribution in [1.82, 2.24) is 0 Å². The normalized spacial score (nSPS) is 11.0. The second-order valence-electron chi connectivity index (χ2n) is 5.16. The lowest BCUT2D eigenvalue weighted by Gasteiger charge is -2.09. The van der Waals surface area contributed by atoms with Crippen molar-refractivity contribution in [2.75, 3.05) is 5.32 Å². The zero-order valence-electron chi connectivity index (χ0n) is 12.8. The van der Waals surface area contributed by atoms with Gasteiger partial charge in [-0.15, -0.1) is 0 Å². The van der Waals surface area contributed by atoms with Crippen LogP contribution in [0.2, 0.25) is 10.0 Å². The average Bonchev–Trinajstić information content (AvgIpc) is 2.50. The van der Waals surface area contributed by atoms with Crippen LogP contribution in [0, 0.1) is 0 Å². The molecule has 2 aromatic rings. The summed E-state index contributed by atoms with van der Waals surface area (Å²) in [6.45, 7) is 3.91. The summed E-state index contributed by atoms with van der Waals surface area (Å²) in [5.41, 5.74) is 1.22. The lowest BCUT2D eigenvalue weighted by molar-refractivity contribution is 0.104. The summed E-state index contributed by atoms with van der Waals surface area (Å²) in [6, 6.07) is 12.1. The first-order valence-corrected chi connectivity index (χ1v) is 7.90. The van der Waals surface area contributed by atoms with Crippen LogP contribution in [0.1, 0.15) is 24.2 Å². The number of benzene rings is 2. The molecule has 0 aliphatic heterocycles. The topological polar surface area (TPSA) is 38.3 Å². The smallest absolute Gasteiger partial charge is 0.187 e. The van der Waals surface area contributed by atoms with Crippen LogP contribution in [0.4, 0.5) is 5.69 Å². The van der Waals surface area contributed by atoms with Gasteiger partial charge in [0, 0.05) is 22.9 Å². The van der Waals surface area contributed by atoms with Crippen LogP contribution in [0.15, 0.2) is 54.7 Å². The largest absolute Gasteiger partial charge is 0.491 e. The monoisotopic (exact) mass is 349 g/mol. The molecule has 5 heteroatoms. The number of hydrogen-bond acceptors (Lipinski definition) is 3. The summed E-state index contributed by atoms with van der Waals surface area (Å²) in [5.74, 6) is 0.621. The van der Waals surface area contributed by atoms with E-state index in [1.54, 1.807) is 48.7 Å². The van der Waals surface area contributed by atoms with Crippen LogP contribution in [0.25, 0.3) is 0 Å². The third-order valence-corrected chi connectivity index (χ3v) is 3.48. The summed E-state index contributed by atoms with van der Waals surface area (Å²) in [7, 11) is 0. The minimum Gasteiger partial charge on any atom is -0.491 e. The maximum Gasteiger partial charge on any atom is 0.187 e. The van der Waals surface area contributed by atoms with E-state index < -0.39 is 0 Å². The Hall–Kier alpha value is -1.97. The minimum absolute atomic E-state index is 0.100. The van der Waals surface area contributed by atoms with Crippen molar-refractivity contribution in [3.63, 3.8) is 0 Å². The van der Waals surface area contributed by atoms with E-state index in [4.69, 9.17) is 27.9 Å². The van der Waals surface area contributed by atoms with Crippen molar-refractivity contribution < 1.29 is 9.53 Å². The fraction of sp³-hybridized carbons (Fsp3) is 0.167. The SMILES string of the molecule is CC(C)Oc1ccc(C(=O)/C=C/Nc2cc(Cl)ccc2Cl)cc1. The zero-order valence-corrected chi connectivity index (χ0v) is 14.4. The molecule has 1 N–H and O–H groups in total. The number of carbonyl (C=O) groups excluding carboxylic acids is 1. The number of carbonyl (C=O) groups is 1. The maximum atomic E-state index is 12.1. The number of ketones is 1. The van der Waals surface area contributed by atoms with Crippen molar-refractivity contribution in [2.45, 2.75) is 20.0 Å². The number of nitrogens with one attached hydrogen (secondary N) is 1. The van der Waals surface area contributed by atoms with Crippen molar-refractivity contribution in [3.8, 4) is 5.75 Å². The molecule has 120 valence electrons. The molecular formula is C18H17Cl2NO2. The molecule has 0 spiro atoms. The molecule has 0 bridgehead atoms. The highest BCUT2D eigenvalue weighted by Crippen LogP contribution is 2.25. The Kier molecular flexibility index (Phi) is 6.08. The Morgan fingerprint density at radius 2 is 1.83 bits per heavy atom. The van der Waals surface area contributed by atoms with Crippen molar-refractivity contribution in [3.05, 3.63) is 70.3 Å². The van der Waals surface area contributed by atoms with Crippen LogP contribution in [0.5, 0.6) is 5.75 Å². The van der Waals surface area contributed by atoms with Crippen molar-refractivity contribution >= 4 is 34.7 Å². The number of allylic oxidation sites excluding steroid dienone is 1. The molecule has 0 saturated heterocycles. The molecule has 0 heterocycles. The predicted molar refractivity (Wildman–Crippen MR) is 95.8 cm³/mol. The van der Waals surface area contributed by atoms with Gasteiger partial charge < -0.3 is 10.1 Å². The van der Waals surface area contributed by atoms with Gasteiger partial charge >= 0.3 is 0 Å². The van der Waals surface area contributed by atoms with E-state index in [2.05, 4.69) is 5.32 Å². The van der Waals surface area contributed by atoms with Gasteiger partial charge in [0.15, 0.2) is 5.78 Å². The highest BCUT2D eigenvalue weighted by molar-refractivity contribution is 6.35. The number of ether oxygens (including phenoxy) is 1. The summed E-state index contributed by atoms with van der Waals surface area (Å²) in [4.78, 5) is 12.1. The molecule has 0 atom stereocenters. The first kappa shape index (κ1) is 17.4. The van der Waals surface area contributed by atoms with Crippen molar-refractivity contribution in [1.29, 1.82) is 0 Å². The Morgan fingerprint density at radius 3 is 2.48 bits per heavy atom. The minimum atomic E-state index is -0.119. The summed E-state index contributed by atoms with van der Waals surface area (Å²) in [6.07, 6.45) is 3.08. The Labute approximate surface area is 145 Å². The third kappa shape index (κ3) is 5.31. The number of halogens is 2. The highest BCUT2D eigenvalue weighted by atomic mass is 35.5. The molecule has 0 aliphatic rings. The molecule has 0 unspecified atom stereocenters. The molecule has 3 nitrogen and oxygen atoms in total. The molecule has 2 aromatic carbocycles. The van der Waals surface area contributed by atoms with Gasteiger partial charge in [0.1, 0.15) is 5.75 Å². The lowest BCUT2D eigenvalue weighted by atomic mass is 10.1. The van der Waals surface area contributed by atoms with Crippen molar-refractivity contribution in [2.24, 2.45) is 0 Å². The molecule has 0 saturated carbocycles. The van der Waals surface area contributed by atoms with Gasteiger partial charge in [0.2, 0.25) is 0 Å². The summed E-state index contributed by atoms with van der Waals surface area (Å²) >= 11 is 11.9. The Balaban J connectivity index is 1.99. The van der Waals surface area contributed by atoms with Gasteiger partial charge in [-0.1, -0.05) is 23.2 Å². The van der Waals surface area contributed by atoms with Crippen LogP contribution in [0.3, 0.4) is 0 Å². The van der Waals surface area contributed by atoms with Crippen LogP contribution >= 0.6 is 23.2 Å². The molecule has 23 heavy (non-hydrogen) atoms. The second kappa shape index (κ2) is 8.04. The van der Waals surface area contributed by atoms with E-state index in [1.807, 2.05) is 13.8 Å².